The molecule has 0 bridgehead atoms. The number of carboxylic acid groups (broad SMARTS) is 1. The van der Waals surface area contributed by atoms with E-state index in [2.05, 4.69) is 11.0 Å². The van der Waals surface area contributed by atoms with Gasteiger partial charge in [0.05, 0.1) is 11.4 Å². The van der Waals surface area contributed by atoms with Crippen molar-refractivity contribution in [3.63, 3.8) is 0 Å². The normalized spacial score (nSPS) is 15.7. The molecule has 1 aromatic rings. The molecule has 2 aliphatic rings. The van der Waals surface area contributed by atoms with Gasteiger partial charge in [0.15, 0.2) is 0 Å². The Bertz CT molecular complexity index is 667. The summed E-state index contributed by atoms with van der Waals surface area (Å²) >= 11 is 0. The smallest absolute Gasteiger partial charge is 0.475 e. The zero-order valence-electron chi connectivity index (χ0n) is 11.0. The van der Waals surface area contributed by atoms with Crippen LogP contribution in [-0.2, 0) is 4.79 Å². The Kier molecular flexibility index (Phi) is 4.18. The lowest BCUT2D eigenvalue weighted by atomic mass is 10.0. The summed E-state index contributed by atoms with van der Waals surface area (Å²) in [5.41, 5.74) is 9.48. The molecule has 2 heterocycles. The van der Waals surface area contributed by atoms with E-state index in [9.17, 15) is 13.2 Å². The number of halogens is 3. The van der Waals surface area contributed by atoms with Gasteiger partial charge in [-0.2, -0.15) is 13.2 Å². The summed E-state index contributed by atoms with van der Waals surface area (Å²) in [4.78, 5) is 8.90. The fraction of sp³-hybridized carbons (Fsp3) is 0.0769. The van der Waals surface area contributed by atoms with Crippen LogP contribution >= 0.6 is 0 Å². The molecule has 0 fully saturated rings. The van der Waals surface area contributed by atoms with Crippen molar-refractivity contribution in [2.45, 2.75) is 6.18 Å². The minimum atomic E-state index is -5.08. The van der Waals surface area contributed by atoms with Crippen LogP contribution in [0, 0.1) is 5.41 Å². The average Bonchev–Trinajstić information content (AvgIpc) is 2.88. The number of hydrazine groups is 2. The van der Waals surface area contributed by atoms with Gasteiger partial charge < -0.3 is 15.9 Å². The van der Waals surface area contributed by atoms with E-state index in [1.807, 2.05) is 41.7 Å². The van der Waals surface area contributed by atoms with E-state index in [1.54, 1.807) is 6.08 Å². The first-order valence-electron chi connectivity index (χ1n) is 5.98. The molecule has 9 heteroatoms. The highest BCUT2D eigenvalue weighted by atomic mass is 19.4. The number of nitrogens with zero attached hydrogens (tertiary/aromatic N) is 1. The maximum Gasteiger partial charge on any atom is 0.490 e. The zero-order valence-corrected chi connectivity index (χ0v) is 11.0. The standard InChI is InChI=1S/C11H10N4.C2HF3O2/c12-10-5-6-15-11(7-13-14-15)9-4-2-1-3-8(9)10;3-2(4,5)1(6)7/h1-7,12-14H;(H,6,7). The maximum atomic E-state index is 10.6. The fourth-order valence-corrected chi connectivity index (χ4v) is 1.81. The Hall–Kier alpha value is -2.81. The fourth-order valence-electron chi connectivity index (χ4n) is 1.81. The monoisotopic (exact) mass is 312 g/mol. The molecular weight excluding hydrogens is 301 g/mol. The second-order valence-corrected chi connectivity index (χ2v) is 4.23. The van der Waals surface area contributed by atoms with E-state index in [4.69, 9.17) is 15.3 Å². The van der Waals surface area contributed by atoms with Crippen molar-refractivity contribution in [1.29, 1.82) is 5.41 Å². The van der Waals surface area contributed by atoms with Gasteiger partial charge in [-0.1, -0.05) is 24.3 Å². The van der Waals surface area contributed by atoms with E-state index in [0.717, 1.165) is 16.8 Å². The summed E-state index contributed by atoms with van der Waals surface area (Å²) in [5.74, 6) is -2.76. The molecule has 0 unspecified atom stereocenters. The highest BCUT2D eigenvalue weighted by molar-refractivity contribution is 6.10. The van der Waals surface area contributed by atoms with Crippen LogP contribution in [0.4, 0.5) is 13.2 Å². The molecule has 0 saturated carbocycles. The van der Waals surface area contributed by atoms with Gasteiger partial charge in [-0.25, -0.2) is 4.79 Å². The number of aliphatic carboxylic acids is 1. The average molecular weight is 312 g/mol. The van der Waals surface area contributed by atoms with Gasteiger partial charge in [0.2, 0.25) is 0 Å². The van der Waals surface area contributed by atoms with Crippen LogP contribution in [0.1, 0.15) is 11.1 Å². The maximum absolute atomic E-state index is 10.6. The molecule has 22 heavy (non-hydrogen) atoms. The molecule has 0 saturated heterocycles. The topological polar surface area (TPSA) is 88.5 Å². The van der Waals surface area contributed by atoms with E-state index in [0.29, 0.717) is 5.71 Å². The molecule has 1 aromatic carbocycles. The Morgan fingerprint density at radius 3 is 2.41 bits per heavy atom. The second kappa shape index (κ2) is 5.90. The third-order valence-electron chi connectivity index (χ3n) is 2.78. The molecule has 0 aliphatic carbocycles. The van der Waals surface area contributed by atoms with E-state index >= 15 is 0 Å². The Morgan fingerprint density at radius 2 is 1.82 bits per heavy atom. The first-order chi connectivity index (χ1) is 10.3. The summed E-state index contributed by atoms with van der Waals surface area (Å²) in [6, 6.07) is 7.91. The number of carboxylic acids is 1. The number of hydrogen-bond donors (Lipinski definition) is 4. The van der Waals surface area contributed by atoms with Crippen molar-refractivity contribution in [1.82, 2.24) is 16.0 Å². The van der Waals surface area contributed by atoms with Crippen LogP contribution in [0.5, 0.6) is 0 Å². The van der Waals surface area contributed by atoms with E-state index in [1.165, 1.54) is 0 Å². The van der Waals surface area contributed by atoms with Crippen molar-refractivity contribution in [2.75, 3.05) is 0 Å². The van der Waals surface area contributed by atoms with E-state index in [-0.39, 0.29) is 0 Å². The molecule has 0 amide bonds. The first kappa shape index (κ1) is 15.6. The lowest BCUT2D eigenvalue weighted by Gasteiger charge is -2.15. The number of alkyl halides is 3. The van der Waals surface area contributed by atoms with Crippen LogP contribution in [0.25, 0.3) is 5.70 Å². The molecule has 4 N–H and O–H groups in total. The Balaban J connectivity index is 0.000000217. The molecule has 116 valence electrons. The first-order valence-corrected chi connectivity index (χ1v) is 5.98. The molecule has 0 atom stereocenters. The lowest BCUT2D eigenvalue weighted by Crippen LogP contribution is -2.32. The summed E-state index contributed by atoms with van der Waals surface area (Å²) in [6.07, 6.45) is 0.426. The van der Waals surface area contributed by atoms with Crippen LogP contribution in [0.15, 0.2) is 42.7 Å². The third-order valence-corrected chi connectivity index (χ3v) is 2.78. The molecular formula is C13H11F3N4O2. The molecule has 6 nitrogen and oxygen atoms in total. The van der Waals surface area contributed by atoms with Crippen molar-refractivity contribution >= 4 is 17.4 Å². The highest BCUT2D eigenvalue weighted by Gasteiger charge is 2.38. The summed E-state index contributed by atoms with van der Waals surface area (Å²) in [6.45, 7) is 0. The Labute approximate surface area is 123 Å². The molecule has 0 aromatic heterocycles. The van der Waals surface area contributed by atoms with Crippen molar-refractivity contribution in [2.24, 2.45) is 0 Å². The van der Waals surface area contributed by atoms with Crippen LogP contribution < -0.4 is 11.0 Å². The number of allylic oxidation sites excluding steroid dienone is 1. The largest absolute Gasteiger partial charge is 0.490 e. The van der Waals surface area contributed by atoms with Gasteiger partial charge in [0, 0.05) is 23.5 Å². The number of carbonyl (C=O) groups is 1. The van der Waals surface area contributed by atoms with Gasteiger partial charge in [0.1, 0.15) is 0 Å². The van der Waals surface area contributed by atoms with Crippen molar-refractivity contribution < 1.29 is 23.1 Å². The summed E-state index contributed by atoms with van der Waals surface area (Å²) in [5, 5.41) is 16.9. The van der Waals surface area contributed by atoms with Crippen LogP contribution in [0.2, 0.25) is 0 Å². The minimum Gasteiger partial charge on any atom is -0.475 e. The van der Waals surface area contributed by atoms with Crippen LogP contribution in [-0.4, -0.2) is 28.0 Å². The SMILES string of the molecule is N=C1C=CN2NNC=C2c2ccccc21.O=C(O)C(F)(F)F. The number of rotatable bonds is 0. The predicted octanol–water partition coefficient (Wildman–Crippen LogP) is 1.84. The molecule has 0 radical (unpaired) electrons. The van der Waals surface area contributed by atoms with Crippen molar-refractivity contribution in [3.8, 4) is 0 Å². The highest BCUT2D eigenvalue weighted by Crippen LogP contribution is 2.26. The van der Waals surface area contributed by atoms with Crippen molar-refractivity contribution in [3.05, 3.63) is 53.9 Å². The van der Waals surface area contributed by atoms with Gasteiger partial charge in [-0.05, 0) is 6.08 Å². The van der Waals surface area contributed by atoms with E-state index < -0.39 is 12.1 Å². The van der Waals surface area contributed by atoms with Gasteiger partial charge in [-0.3, -0.25) is 5.01 Å². The molecule has 2 aliphatic heterocycles. The number of benzene rings is 1. The predicted molar refractivity (Wildman–Crippen MR) is 72.2 cm³/mol. The van der Waals surface area contributed by atoms with Gasteiger partial charge >= 0.3 is 12.1 Å². The number of nitrogens with one attached hydrogen (secondary N) is 3. The Morgan fingerprint density at radius 1 is 1.23 bits per heavy atom. The molecule has 3 rings (SSSR count). The minimum absolute atomic E-state index is 0.530. The molecule has 0 spiro atoms. The van der Waals surface area contributed by atoms with Gasteiger partial charge in [0.25, 0.3) is 0 Å². The summed E-state index contributed by atoms with van der Waals surface area (Å²) in [7, 11) is 0. The second-order valence-electron chi connectivity index (χ2n) is 4.23. The third kappa shape index (κ3) is 3.26. The number of fused-ring (bicyclic) bond motifs is 3. The van der Waals surface area contributed by atoms with Gasteiger partial charge in [-0.15, -0.1) is 5.53 Å². The van der Waals surface area contributed by atoms with Crippen LogP contribution in [0.3, 0.4) is 0 Å². The summed E-state index contributed by atoms with van der Waals surface area (Å²) < 4.78 is 31.7. The number of hydrogen-bond acceptors (Lipinski definition) is 5. The zero-order chi connectivity index (χ0) is 16.3. The lowest BCUT2D eigenvalue weighted by molar-refractivity contribution is -0.192. The quantitative estimate of drug-likeness (QED) is 0.587.